The van der Waals surface area contributed by atoms with Crippen LogP contribution in [0.2, 0.25) is 0 Å². The van der Waals surface area contributed by atoms with Crippen molar-refractivity contribution in [2.24, 2.45) is 0 Å². The molecule has 1 N–H and O–H groups in total. The Kier molecular flexibility index (Phi) is 7.45. The molecule has 0 saturated carbocycles. The molecule has 3 rings (SSSR count). The maximum Gasteiger partial charge on any atom is 0.307 e. The predicted octanol–water partition coefficient (Wildman–Crippen LogP) is 3.13. The second-order valence-corrected chi connectivity index (χ2v) is 8.38. The maximum absolute atomic E-state index is 13.2. The van der Waals surface area contributed by atoms with Crippen molar-refractivity contribution >= 4 is 17.8 Å². The van der Waals surface area contributed by atoms with Gasteiger partial charge in [0.25, 0.3) is 0 Å². The van der Waals surface area contributed by atoms with Gasteiger partial charge >= 0.3 is 5.97 Å². The molecule has 0 bridgehead atoms. The molecule has 2 aliphatic heterocycles. The van der Waals surface area contributed by atoms with Crippen LogP contribution in [0.15, 0.2) is 24.3 Å². The third-order valence-electron chi connectivity index (χ3n) is 6.16. The average Bonchev–Trinajstić information content (AvgIpc) is 3.09. The minimum absolute atomic E-state index is 0.0114. The average molecular weight is 419 g/mol. The van der Waals surface area contributed by atoms with E-state index in [9.17, 15) is 18.8 Å². The van der Waals surface area contributed by atoms with E-state index < -0.39 is 5.54 Å². The van der Waals surface area contributed by atoms with Gasteiger partial charge in [-0.3, -0.25) is 14.4 Å². The second-order valence-electron chi connectivity index (χ2n) is 8.38. The lowest BCUT2D eigenvalue weighted by Gasteiger charge is -2.36. The molecule has 2 aliphatic rings. The van der Waals surface area contributed by atoms with Crippen molar-refractivity contribution in [1.29, 1.82) is 0 Å². The highest BCUT2D eigenvalue weighted by atomic mass is 19.1. The molecule has 2 saturated heterocycles. The molecule has 2 amide bonds. The van der Waals surface area contributed by atoms with E-state index in [1.807, 2.05) is 4.90 Å². The van der Waals surface area contributed by atoms with E-state index in [-0.39, 0.29) is 36.1 Å². The summed E-state index contributed by atoms with van der Waals surface area (Å²) in [6, 6.07) is 6.17. The topological polar surface area (TPSA) is 75.7 Å². The molecule has 30 heavy (non-hydrogen) atoms. The summed E-state index contributed by atoms with van der Waals surface area (Å²) >= 11 is 0. The van der Waals surface area contributed by atoms with Crippen LogP contribution in [0.1, 0.15) is 63.9 Å². The van der Waals surface area contributed by atoms with Crippen molar-refractivity contribution < 1.29 is 23.5 Å². The summed E-state index contributed by atoms with van der Waals surface area (Å²) in [5.74, 6) is -0.555. The molecule has 2 heterocycles. The quantitative estimate of drug-likeness (QED) is 0.658. The second kappa shape index (κ2) is 10.0. The van der Waals surface area contributed by atoms with Crippen LogP contribution in [0, 0.1) is 5.82 Å². The number of hydrogen-bond acceptors (Lipinski definition) is 4. The van der Waals surface area contributed by atoms with E-state index in [1.165, 1.54) is 12.1 Å². The normalized spacial score (nSPS) is 23.9. The highest BCUT2D eigenvalue weighted by Gasteiger charge is 2.39. The highest BCUT2D eigenvalue weighted by molar-refractivity contribution is 5.81. The van der Waals surface area contributed by atoms with E-state index in [0.717, 1.165) is 24.8 Å². The van der Waals surface area contributed by atoms with E-state index in [1.54, 1.807) is 19.1 Å². The molecule has 0 unspecified atom stereocenters. The summed E-state index contributed by atoms with van der Waals surface area (Å²) in [5, 5.41) is 3.07. The van der Waals surface area contributed by atoms with Crippen molar-refractivity contribution in [3.8, 4) is 0 Å². The maximum atomic E-state index is 13.2. The van der Waals surface area contributed by atoms with E-state index in [4.69, 9.17) is 4.74 Å². The zero-order chi connectivity index (χ0) is 21.6. The zero-order valence-corrected chi connectivity index (χ0v) is 17.6. The minimum atomic E-state index is -0.489. The van der Waals surface area contributed by atoms with Crippen LogP contribution in [-0.2, 0) is 25.5 Å². The number of ether oxygens (including phenoxy) is 1. The molecular formula is C23H31FN2O4. The van der Waals surface area contributed by atoms with Gasteiger partial charge in [-0.2, -0.15) is 0 Å². The number of rotatable bonds is 8. The van der Waals surface area contributed by atoms with Gasteiger partial charge in [0.2, 0.25) is 11.8 Å². The number of piperidine rings is 1. The van der Waals surface area contributed by atoms with Gasteiger partial charge in [-0.25, -0.2) is 4.39 Å². The molecular weight excluding hydrogens is 387 g/mol. The monoisotopic (exact) mass is 418 g/mol. The molecule has 0 spiro atoms. The van der Waals surface area contributed by atoms with E-state index in [2.05, 4.69) is 5.32 Å². The summed E-state index contributed by atoms with van der Waals surface area (Å²) in [6.45, 7) is 2.77. The Bertz CT molecular complexity index is 767. The lowest BCUT2D eigenvalue weighted by molar-refractivity contribution is -0.146. The van der Waals surface area contributed by atoms with Crippen molar-refractivity contribution in [3.63, 3.8) is 0 Å². The van der Waals surface area contributed by atoms with Gasteiger partial charge in [0.15, 0.2) is 0 Å². The molecule has 2 atom stereocenters. The molecule has 1 aromatic rings. The van der Waals surface area contributed by atoms with Crippen molar-refractivity contribution in [2.45, 2.75) is 76.3 Å². The molecule has 0 aliphatic carbocycles. The third-order valence-corrected chi connectivity index (χ3v) is 6.16. The minimum Gasteiger partial charge on any atom is -0.466 e. The Balaban J connectivity index is 1.63. The van der Waals surface area contributed by atoms with Crippen LogP contribution in [0.5, 0.6) is 0 Å². The first-order valence-electron chi connectivity index (χ1n) is 10.9. The summed E-state index contributed by atoms with van der Waals surface area (Å²) < 4.78 is 18.3. The van der Waals surface area contributed by atoms with Gasteiger partial charge in [-0.1, -0.05) is 12.1 Å². The predicted molar refractivity (Wildman–Crippen MR) is 110 cm³/mol. The summed E-state index contributed by atoms with van der Waals surface area (Å²) in [6.07, 6.45) is 5.46. The lowest BCUT2D eigenvalue weighted by Crippen LogP contribution is -2.47. The van der Waals surface area contributed by atoms with Gasteiger partial charge in [-0.05, 0) is 63.1 Å². The summed E-state index contributed by atoms with van der Waals surface area (Å²) in [4.78, 5) is 38.8. The van der Waals surface area contributed by atoms with Gasteiger partial charge in [0.1, 0.15) is 5.82 Å². The number of carbonyl (C=O) groups is 3. The van der Waals surface area contributed by atoms with Crippen LogP contribution in [0.25, 0.3) is 0 Å². The Morgan fingerprint density at radius 2 is 2.03 bits per heavy atom. The number of esters is 1. The number of benzene rings is 1. The van der Waals surface area contributed by atoms with E-state index >= 15 is 0 Å². The van der Waals surface area contributed by atoms with Crippen molar-refractivity contribution in [2.75, 3.05) is 13.2 Å². The molecule has 164 valence electrons. The van der Waals surface area contributed by atoms with Crippen molar-refractivity contribution in [3.05, 3.63) is 35.6 Å². The van der Waals surface area contributed by atoms with Gasteiger partial charge in [0, 0.05) is 31.0 Å². The Labute approximate surface area is 177 Å². The number of likely N-dealkylation sites (tertiary alicyclic amines) is 1. The number of amides is 2. The van der Waals surface area contributed by atoms with Crippen LogP contribution in [-0.4, -0.2) is 47.4 Å². The molecule has 0 aromatic heterocycles. The number of nitrogens with zero attached hydrogens (tertiary/aromatic N) is 1. The lowest BCUT2D eigenvalue weighted by atomic mass is 9.84. The third kappa shape index (κ3) is 5.80. The van der Waals surface area contributed by atoms with Crippen LogP contribution in [0.3, 0.4) is 0 Å². The number of nitrogens with one attached hydrogen (secondary N) is 1. The zero-order valence-electron chi connectivity index (χ0n) is 17.6. The van der Waals surface area contributed by atoms with Crippen LogP contribution in [0.4, 0.5) is 4.39 Å². The fraction of sp³-hybridized carbons (Fsp3) is 0.609. The van der Waals surface area contributed by atoms with Gasteiger partial charge in [0.05, 0.1) is 13.0 Å². The van der Waals surface area contributed by atoms with Crippen LogP contribution < -0.4 is 5.32 Å². The summed E-state index contributed by atoms with van der Waals surface area (Å²) in [7, 11) is 0. The van der Waals surface area contributed by atoms with Crippen molar-refractivity contribution in [1.82, 2.24) is 10.2 Å². The number of halogens is 1. The fourth-order valence-electron chi connectivity index (χ4n) is 4.62. The van der Waals surface area contributed by atoms with Gasteiger partial charge in [-0.15, -0.1) is 0 Å². The molecule has 2 fully saturated rings. The highest BCUT2D eigenvalue weighted by Crippen LogP contribution is 2.31. The summed E-state index contributed by atoms with van der Waals surface area (Å²) in [5.41, 5.74) is 0.445. The Morgan fingerprint density at radius 1 is 1.27 bits per heavy atom. The molecule has 7 heteroatoms. The molecule has 0 radical (unpaired) electrons. The standard InChI is InChI=1S/C23H31FN2O4/c1-2-30-22(29)15-19-5-3-4-14-26(19)21(28)11-13-23(12-10-20(27)25-23)16-17-6-8-18(24)9-7-17/h6-9,19H,2-5,10-16H2,1H3,(H,25,27)/t19-,23-/m0/s1. The first kappa shape index (κ1) is 22.2. The Morgan fingerprint density at radius 3 is 2.70 bits per heavy atom. The van der Waals surface area contributed by atoms with E-state index in [0.29, 0.717) is 45.3 Å². The number of hydrogen-bond donors (Lipinski definition) is 1. The SMILES string of the molecule is CCOC(=O)C[C@@H]1CCCCN1C(=O)CC[C@]1(Cc2ccc(F)cc2)CCC(=O)N1. The smallest absolute Gasteiger partial charge is 0.307 e. The fourth-order valence-corrected chi connectivity index (χ4v) is 4.62. The van der Waals surface area contributed by atoms with Crippen LogP contribution >= 0.6 is 0 Å². The molecule has 1 aromatic carbocycles. The largest absolute Gasteiger partial charge is 0.466 e. The first-order chi connectivity index (χ1) is 14.4. The first-order valence-corrected chi connectivity index (χ1v) is 10.9. The molecule has 6 nitrogen and oxygen atoms in total. The van der Waals surface area contributed by atoms with Gasteiger partial charge < -0.3 is 15.0 Å². The Hall–Kier alpha value is -2.44. The number of carbonyl (C=O) groups excluding carboxylic acids is 3.